The van der Waals surface area contributed by atoms with Gasteiger partial charge in [0, 0.05) is 13.0 Å². The highest BCUT2D eigenvalue weighted by atomic mass is 16.5. The highest BCUT2D eigenvalue weighted by molar-refractivity contribution is 5.92. The minimum absolute atomic E-state index is 0.0593. The number of amides is 1. The molecule has 1 atom stereocenters. The average Bonchev–Trinajstić information content (AvgIpc) is 3.17. The minimum Gasteiger partial charge on any atom is -0.339 e. The van der Waals surface area contributed by atoms with Gasteiger partial charge in [-0.2, -0.15) is 4.98 Å². The highest BCUT2D eigenvalue weighted by Crippen LogP contribution is 2.31. The van der Waals surface area contributed by atoms with Gasteiger partial charge in [0.15, 0.2) is 5.82 Å². The lowest BCUT2D eigenvalue weighted by Gasteiger charge is -2.21. The van der Waals surface area contributed by atoms with Gasteiger partial charge >= 0.3 is 0 Å². The van der Waals surface area contributed by atoms with E-state index in [1.165, 1.54) is 0 Å². The van der Waals surface area contributed by atoms with Crippen molar-refractivity contribution in [3.05, 3.63) is 29.4 Å². The molecule has 1 saturated heterocycles. The van der Waals surface area contributed by atoms with Gasteiger partial charge in [0.25, 0.3) is 5.91 Å². The first kappa shape index (κ1) is 12.8. The van der Waals surface area contributed by atoms with Crippen LogP contribution in [0.4, 0.5) is 0 Å². The third kappa shape index (κ3) is 2.19. The van der Waals surface area contributed by atoms with E-state index in [4.69, 9.17) is 4.52 Å². The quantitative estimate of drug-likeness (QED) is 0.920. The molecule has 0 saturated carbocycles. The van der Waals surface area contributed by atoms with E-state index in [0.717, 1.165) is 18.7 Å². The van der Waals surface area contributed by atoms with E-state index in [1.807, 2.05) is 13.8 Å². The zero-order valence-corrected chi connectivity index (χ0v) is 11.6. The first-order valence-electron chi connectivity index (χ1n) is 6.84. The molecule has 1 aliphatic rings. The fourth-order valence-corrected chi connectivity index (χ4v) is 2.51. The summed E-state index contributed by atoms with van der Waals surface area (Å²) in [7, 11) is 0. The highest BCUT2D eigenvalue weighted by Gasteiger charge is 2.34. The number of rotatable bonds is 3. The van der Waals surface area contributed by atoms with Gasteiger partial charge in [-0.15, -0.1) is 0 Å². The van der Waals surface area contributed by atoms with E-state index in [2.05, 4.69) is 20.1 Å². The zero-order valence-electron chi connectivity index (χ0n) is 11.6. The Bertz CT molecular complexity index is 618. The van der Waals surface area contributed by atoms with Crippen LogP contribution in [0.5, 0.6) is 0 Å². The van der Waals surface area contributed by atoms with Gasteiger partial charge < -0.3 is 14.4 Å². The molecule has 0 radical (unpaired) electrons. The fourth-order valence-electron chi connectivity index (χ4n) is 2.51. The molecule has 0 spiro atoms. The van der Waals surface area contributed by atoms with Crippen LogP contribution < -0.4 is 0 Å². The van der Waals surface area contributed by atoms with Crippen LogP contribution in [0, 0.1) is 6.92 Å². The summed E-state index contributed by atoms with van der Waals surface area (Å²) in [6.45, 7) is 4.49. The molecule has 7 nitrogen and oxygen atoms in total. The molecule has 0 bridgehead atoms. The Balaban J connectivity index is 1.83. The van der Waals surface area contributed by atoms with Crippen molar-refractivity contribution in [2.45, 2.75) is 39.2 Å². The number of likely N-dealkylation sites (tertiary alicyclic amines) is 1. The van der Waals surface area contributed by atoms with E-state index in [-0.39, 0.29) is 11.9 Å². The van der Waals surface area contributed by atoms with E-state index in [0.29, 0.717) is 30.4 Å². The number of nitrogens with one attached hydrogen (secondary N) is 1. The van der Waals surface area contributed by atoms with Crippen LogP contribution in [0.15, 0.2) is 10.7 Å². The predicted molar refractivity (Wildman–Crippen MR) is 70.0 cm³/mol. The second kappa shape index (κ2) is 5.07. The smallest absolute Gasteiger partial charge is 0.272 e. The molecule has 106 valence electrons. The molecular weight excluding hydrogens is 258 g/mol. The zero-order chi connectivity index (χ0) is 14.1. The van der Waals surface area contributed by atoms with Crippen molar-refractivity contribution in [3.63, 3.8) is 0 Å². The van der Waals surface area contributed by atoms with Crippen LogP contribution in [0.1, 0.15) is 53.8 Å². The number of H-pyrrole nitrogens is 1. The third-order valence-electron chi connectivity index (χ3n) is 3.53. The molecule has 3 heterocycles. The lowest BCUT2D eigenvalue weighted by atomic mass is 10.2. The van der Waals surface area contributed by atoms with Crippen LogP contribution in [0.2, 0.25) is 0 Å². The molecule has 1 N–H and O–H groups in total. The van der Waals surface area contributed by atoms with Crippen molar-refractivity contribution in [3.8, 4) is 0 Å². The third-order valence-corrected chi connectivity index (χ3v) is 3.53. The first-order chi connectivity index (χ1) is 9.69. The van der Waals surface area contributed by atoms with Gasteiger partial charge in [-0.1, -0.05) is 12.1 Å². The summed E-state index contributed by atoms with van der Waals surface area (Å²) < 4.78 is 5.14. The summed E-state index contributed by atoms with van der Waals surface area (Å²) in [4.78, 5) is 25.7. The maximum Gasteiger partial charge on any atom is 0.272 e. The number of carbonyl (C=O) groups is 1. The Morgan fingerprint density at radius 3 is 3.10 bits per heavy atom. The van der Waals surface area contributed by atoms with Gasteiger partial charge in [-0.25, -0.2) is 4.98 Å². The average molecular weight is 275 g/mol. The molecule has 7 heteroatoms. The number of hydrogen-bond donors (Lipinski definition) is 1. The normalized spacial score (nSPS) is 18.7. The van der Waals surface area contributed by atoms with Crippen LogP contribution in [0.3, 0.4) is 0 Å². The Morgan fingerprint density at radius 1 is 1.60 bits per heavy atom. The predicted octanol–water partition coefficient (Wildman–Crippen LogP) is 1.64. The molecule has 1 aliphatic heterocycles. The van der Waals surface area contributed by atoms with Crippen molar-refractivity contribution in [1.82, 2.24) is 25.0 Å². The minimum atomic E-state index is -0.102. The summed E-state index contributed by atoms with van der Waals surface area (Å²) in [6.07, 6.45) is 4.08. The van der Waals surface area contributed by atoms with E-state index >= 15 is 0 Å². The maximum absolute atomic E-state index is 12.5. The number of hydrogen-bond acceptors (Lipinski definition) is 5. The standard InChI is InChI=1S/C13H17N5O2/c1-3-11-16-12(17-20-11)10-5-4-6-18(10)13(19)9-7-14-8(2)15-9/h7,10H,3-6H2,1-2H3,(H,14,15)/t10-/m0/s1. The van der Waals surface area contributed by atoms with Gasteiger partial charge in [0.05, 0.1) is 12.2 Å². The summed E-state index contributed by atoms with van der Waals surface area (Å²) in [6, 6.07) is -0.102. The molecule has 3 rings (SSSR count). The molecule has 1 fully saturated rings. The Morgan fingerprint density at radius 2 is 2.45 bits per heavy atom. The number of carbonyl (C=O) groups excluding carboxylic acids is 1. The second-order valence-corrected chi connectivity index (χ2v) is 4.94. The van der Waals surface area contributed by atoms with Crippen LogP contribution in [-0.2, 0) is 6.42 Å². The molecule has 0 unspecified atom stereocenters. The Labute approximate surface area is 116 Å². The fraction of sp³-hybridized carbons (Fsp3) is 0.538. The second-order valence-electron chi connectivity index (χ2n) is 4.94. The van der Waals surface area contributed by atoms with Crippen LogP contribution in [-0.4, -0.2) is 37.5 Å². The summed E-state index contributed by atoms with van der Waals surface area (Å²) >= 11 is 0. The van der Waals surface area contributed by atoms with Crippen molar-refractivity contribution in [1.29, 1.82) is 0 Å². The van der Waals surface area contributed by atoms with E-state index in [9.17, 15) is 4.79 Å². The maximum atomic E-state index is 12.5. The lowest BCUT2D eigenvalue weighted by molar-refractivity contribution is 0.0723. The topological polar surface area (TPSA) is 87.9 Å². The van der Waals surface area contributed by atoms with Gasteiger partial charge in [-0.3, -0.25) is 4.79 Å². The van der Waals surface area contributed by atoms with Crippen molar-refractivity contribution in [2.75, 3.05) is 6.54 Å². The van der Waals surface area contributed by atoms with E-state index in [1.54, 1.807) is 11.1 Å². The Kier molecular flexibility index (Phi) is 3.25. The van der Waals surface area contributed by atoms with Crippen LogP contribution >= 0.6 is 0 Å². The van der Waals surface area contributed by atoms with Crippen LogP contribution in [0.25, 0.3) is 0 Å². The van der Waals surface area contributed by atoms with Gasteiger partial charge in [-0.05, 0) is 19.8 Å². The summed E-state index contributed by atoms with van der Waals surface area (Å²) in [5, 5.41) is 3.99. The van der Waals surface area contributed by atoms with Gasteiger partial charge in [0.1, 0.15) is 11.5 Å². The van der Waals surface area contributed by atoms with E-state index < -0.39 is 0 Å². The SMILES string of the molecule is CCc1nc([C@@H]2CCCN2C(=O)c2cnc(C)[nH]2)no1. The monoisotopic (exact) mass is 275 g/mol. The number of aryl methyl sites for hydroxylation is 2. The number of imidazole rings is 1. The number of nitrogens with zero attached hydrogens (tertiary/aromatic N) is 4. The number of aromatic nitrogens is 4. The van der Waals surface area contributed by atoms with Crippen molar-refractivity contribution < 1.29 is 9.32 Å². The largest absolute Gasteiger partial charge is 0.339 e. The molecule has 20 heavy (non-hydrogen) atoms. The summed E-state index contributed by atoms with van der Waals surface area (Å²) in [5.41, 5.74) is 0.508. The lowest BCUT2D eigenvalue weighted by Crippen LogP contribution is -2.31. The molecule has 1 amide bonds. The van der Waals surface area contributed by atoms with Crippen molar-refractivity contribution in [2.24, 2.45) is 0 Å². The van der Waals surface area contributed by atoms with Gasteiger partial charge in [0.2, 0.25) is 5.89 Å². The molecule has 2 aromatic heterocycles. The molecule has 2 aromatic rings. The Hall–Kier alpha value is -2.18. The molecule has 0 aliphatic carbocycles. The molecule has 0 aromatic carbocycles. The van der Waals surface area contributed by atoms with Crippen molar-refractivity contribution >= 4 is 5.91 Å². The summed E-state index contributed by atoms with van der Waals surface area (Å²) in [5.74, 6) is 1.88. The number of aromatic amines is 1. The molecular formula is C13H17N5O2. The first-order valence-corrected chi connectivity index (χ1v) is 6.84.